The van der Waals surface area contributed by atoms with Gasteiger partial charge in [-0.05, 0) is 35.7 Å². The van der Waals surface area contributed by atoms with E-state index in [9.17, 15) is 14.0 Å². The van der Waals surface area contributed by atoms with Crippen LogP contribution < -0.4 is 10.2 Å². The Morgan fingerprint density at radius 2 is 1.86 bits per heavy atom. The van der Waals surface area contributed by atoms with E-state index in [1.165, 1.54) is 4.90 Å². The summed E-state index contributed by atoms with van der Waals surface area (Å²) in [5, 5.41) is 8.52. The van der Waals surface area contributed by atoms with Crippen molar-refractivity contribution in [3.05, 3.63) is 90.1 Å². The van der Waals surface area contributed by atoms with Crippen LogP contribution in [-0.2, 0) is 23.2 Å². The zero-order valence-electron chi connectivity index (χ0n) is 24.6. The molecule has 6 rings (SSSR count). The Morgan fingerprint density at radius 1 is 1.05 bits per heavy atom. The highest BCUT2D eigenvalue weighted by molar-refractivity contribution is 5.97. The first-order valence-corrected chi connectivity index (χ1v) is 14.3. The molecule has 4 heterocycles. The van der Waals surface area contributed by atoms with E-state index in [0.717, 1.165) is 28.4 Å². The van der Waals surface area contributed by atoms with E-state index < -0.39 is 11.9 Å². The van der Waals surface area contributed by atoms with Crippen LogP contribution in [0.2, 0.25) is 0 Å². The number of benzene rings is 2. The highest BCUT2D eigenvalue weighted by Gasteiger charge is 2.29. The first kappa shape index (κ1) is 28.7. The Hall–Kier alpha value is -5.39. The number of carbonyl (C=O) groups excluding carboxylic acids is 2. The number of ether oxygens (including phenoxy) is 1. The monoisotopic (exact) mass is 594 g/mol. The van der Waals surface area contributed by atoms with Crippen LogP contribution >= 0.6 is 0 Å². The molecule has 3 aromatic heterocycles. The van der Waals surface area contributed by atoms with Gasteiger partial charge in [-0.15, -0.1) is 0 Å². The number of amides is 2. The van der Waals surface area contributed by atoms with Crippen LogP contribution in [0.15, 0.2) is 73.1 Å². The van der Waals surface area contributed by atoms with Gasteiger partial charge in [0, 0.05) is 36.8 Å². The molecule has 1 N–H and O–H groups in total. The lowest BCUT2D eigenvalue weighted by molar-refractivity contribution is -0.120. The average Bonchev–Trinajstić information content (AvgIpc) is 3.37. The number of nitrogens with zero attached hydrogens (tertiary/aromatic N) is 7. The van der Waals surface area contributed by atoms with E-state index in [-0.39, 0.29) is 36.6 Å². The maximum Gasteiger partial charge on any atom is 0.410 e. The fourth-order valence-electron chi connectivity index (χ4n) is 5.33. The van der Waals surface area contributed by atoms with Crippen LogP contribution in [-0.4, -0.2) is 61.3 Å². The summed E-state index contributed by atoms with van der Waals surface area (Å²) in [6.45, 7) is 4.87. The fourth-order valence-corrected chi connectivity index (χ4v) is 5.33. The Kier molecular flexibility index (Phi) is 7.88. The normalized spacial score (nSPS) is 13.5. The first-order valence-electron chi connectivity index (χ1n) is 14.3. The van der Waals surface area contributed by atoms with Crippen molar-refractivity contribution >= 4 is 40.4 Å². The van der Waals surface area contributed by atoms with Crippen molar-refractivity contribution in [3.8, 4) is 11.3 Å². The molecule has 0 unspecified atom stereocenters. The highest BCUT2D eigenvalue weighted by Crippen LogP contribution is 2.30. The van der Waals surface area contributed by atoms with E-state index in [1.807, 2.05) is 54.2 Å². The largest absolute Gasteiger partial charge is 0.445 e. The molecule has 2 aromatic carbocycles. The summed E-state index contributed by atoms with van der Waals surface area (Å²) in [6.07, 6.45) is 2.15. The van der Waals surface area contributed by atoms with Gasteiger partial charge < -0.3 is 15.0 Å². The second-order valence-electron chi connectivity index (χ2n) is 10.8. The van der Waals surface area contributed by atoms with Gasteiger partial charge in [0.25, 0.3) is 0 Å². The molecular weight excluding hydrogens is 563 g/mol. The van der Waals surface area contributed by atoms with Gasteiger partial charge in [-0.1, -0.05) is 50.2 Å². The second kappa shape index (κ2) is 12.1. The molecule has 0 radical (unpaired) electrons. The number of aryl methyl sites for hydroxylation is 1. The molecule has 0 bridgehead atoms. The average molecular weight is 595 g/mol. The predicted molar refractivity (Wildman–Crippen MR) is 164 cm³/mol. The summed E-state index contributed by atoms with van der Waals surface area (Å²) in [5.74, 6) is 0.0488. The number of aromatic nitrogens is 5. The minimum absolute atomic E-state index is 0.0939. The van der Waals surface area contributed by atoms with Crippen molar-refractivity contribution in [2.45, 2.75) is 26.4 Å². The number of anilines is 3. The zero-order chi connectivity index (χ0) is 30.8. The van der Waals surface area contributed by atoms with Crippen LogP contribution in [0.25, 0.3) is 22.2 Å². The van der Waals surface area contributed by atoms with E-state index in [0.29, 0.717) is 30.2 Å². The molecule has 0 spiro atoms. The molecule has 5 aromatic rings. The molecule has 12 heteroatoms. The van der Waals surface area contributed by atoms with Crippen LogP contribution in [0.3, 0.4) is 0 Å². The summed E-state index contributed by atoms with van der Waals surface area (Å²) in [5.41, 5.74) is 4.12. The van der Waals surface area contributed by atoms with Crippen molar-refractivity contribution in [3.63, 3.8) is 0 Å². The molecular formula is C32H31FN8O3. The fraction of sp³-hybridized carbons (Fsp3) is 0.250. The zero-order valence-corrected chi connectivity index (χ0v) is 24.6. The summed E-state index contributed by atoms with van der Waals surface area (Å²) in [4.78, 5) is 41.3. The van der Waals surface area contributed by atoms with Crippen LogP contribution in [0.4, 0.5) is 26.6 Å². The topological polar surface area (TPSA) is 118 Å². The Labute approximate surface area is 253 Å². The van der Waals surface area contributed by atoms with Crippen molar-refractivity contribution < 1.29 is 18.7 Å². The summed E-state index contributed by atoms with van der Waals surface area (Å²) in [6, 6.07) is 18.4. The third-order valence-electron chi connectivity index (χ3n) is 7.43. The number of rotatable bonds is 7. The molecule has 1 fully saturated rings. The Morgan fingerprint density at radius 3 is 2.59 bits per heavy atom. The molecule has 0 aliphatic carbocycles. The lowest BCUT2D eigenvalue weighted by Crippen LogP contribution is -2.52. The molecule has 44 heavy (non-hydrogen) atoms. The number of piperazine rings is 1. The number of halogens is 1. The molecule has 0 saturated carbocycles. The minimum atomic E-state index is -0.546. The van der Waals surface area contributed by atoms with Crippen molar-refractivity contribution in [2.75, 3.05) is 29.9 Å². The van der Waals surface area contributed by atoms with Gasteiger partial charge in [0.2, 0.25) is 11.9 Å². The second-order valence-corrected chi connectivity index (χ2v) is 10.8. The quantitative estimate of drug-likeness (QED) is 0.266. The van der Waals surface area contributed by atoms with E-state index in [4.69, 9.17) is 4.74 Å². The molecule has 0 atom stereocenters. The lowest BCUT2D eigenvalue weighted by atomic mass is 10.0. The lowest BCUT2D eigenvalue weighted by Gasteiger charge is -2.33. The first-order chi connectivity index (χ1) is 21.3. The van der Waals surface area contributed by atoms with Crippen LogP contribution in [0, 0.1) is 5.82 Å². The molecule has 1 aliphatic rings. The predicted octanol–water partition coefficient (Wildman–Crippen LogP) is 5.42. The van der Waals surface area contributed by atoms with Gasteiger partial charge in [0.15, 0.2) is 5.82 Å². The van der Waals surface area contributed by atoms with Gasteiger partial charge in [-0.3, -0.25) is 14.4 Å². The number of nitrogens with one attached hydrogen (secondary N) is 1. The number of fused-ring (bicyclic) bond motifs is 1. The minimum Gasteiger partial charge on any atom is -0.445 e. The number of pyridine rings is 1. The van der Waals surface area contributed by atoms with Gasteiger partial charge in [0.1, 0.15) is 24.7 Å². The molecule has 224 valence electrons. The van der Waals surface area contributed by atoms with Gasteiger partial charge in [-0.25, -0.2) is 24.1 Å². The van der Waals surface area contributed by atoms with Crippen molar-refractivity contribution in [2.24, 2.45) is 7.05 Å². The molecule has 1 aliphatic heterocycles. The van der Waals surface area contributed by atoms with Crippen LogP contribution in [0.1, 0.15) is 31.0 Å². The SMILES string of the molecule is CC(C)c1c2cc(-c3nc(Nc4ccc(N5CCN(C(=O)OCc6ccccc6)CC5=O)cn4)ncc3F)ccc2nn1C. The highest BCUT2D eigenvalue weighted by atomic mass is 19.1. The van der Waals surface area contributed by atoms with Crippen LogP contribution in [0.5, 0.6) is 0 Å². The van der Waals surface area contributed by atoms with E-state index >= 15 is 0 Å². The smallest absolute Gasteiger partial charge is 0.410 e. The number of carbonyl (C=O) groups is 2. The van der Waals surface area contributed by atoms with E-state index in [1.54, 1.807) is 29.3 Å². The maximum atomic E-state index is 14.9. The third-order valence-corrected chi connectivity index (χ3v) is 7.43. The van der Waals surface area contributed by atoms with Gasteiger partial charge in [-0.2, -0.15) is 5.10 Å². The Bertz CT molecular complexity index is 1830. The molecule has 1 saturated heterocycles. The summed E-state index contributed by atoms with van der Waals surface area (Å²) >= 11 is 0. The van der Waals surface area contributed by atoms with Crippen molar-refractivity contribution in [1.82, 2.24) is 29.6 Å². The summed E-state index contributed by atoms with van der Waals surface area (Å²) in [7, 11) is 1.90. The van der Waals surface area contributed by atoms with Gasteiger partial charge >= 0.3 is 6.09 Å². The molecule has 2 amide bonds. The third kappa shape index (κ3) is 5.91. The molecule has 11 nitrogen and oxygen atoms in total. The van der Waals surface area contributed by atoms with Crippen molar-refractivity contribution in [1.29, 1.82) is 0 Å². The van der Waals surface area contributed by atoms with E-state index in [2.05, 4.69) is 39.2 Å². The Balaban J connectivity index is 1.11. The van der Waals surface area contributed by atoms with Gasteiger partial charge in [0.05, 0.1) is 23.6 Å². The number of hydrogen-bond acceptors (Lipinski definition) is 8. The maximum absolute atomic E-state index is 14.9. The standard InChI is InChI=1S/C32H31FN8O3/c1-20(2)30-24-15-22(9-11-26(24)38-39(30)3)29-25(33)17-35-31(37-29)36-27-12-10-23(16-34-27)41-14-13-40(18-28(41)42)32(43)44-19-21-7-5-4-6-8-21/h4-12,15-17,20H,13-14,18-19H2,1-3H3,(H,34,35,36,37). The number of hydrogen-bond donors (Lipinski definition) is 1. The summed E-state index contributed by atoms with van der Waals surface area (Å²) < 4.78 is 22.1.